The average Bonchev–Trinajstić information content (AvgIpc) is 3.32. The van der Waals surface area contributed by atoms with E-state index in [0.29, 0.717) is 0 Å². The zero-order chi connectivity index (χ0) is 18.9. The van der Waals surface area contributed by atoms with Crippen LogP contribution in [0.5, 0.6) is 0 Å². The molecule has 27 heavy (non-hydrogen) atoms. The number of nitrogens with zero attached hydrogens (tertiary/aromatic N) is 2. The number of H-pyrrole nitrogens is 1. The maximum Gasteiger partial charge on any atom is 0.114 e. The molecule has 0 saturated carbocycles. The van der Waals surface area contributed by atoms with E-state index in [2.05, 4.69) is 84.1 Å². The second kappa shape index (κ2) is 7.25. The number of rotatable bonds is 5. The Kier molecular flexibility index (Phi) is 4.81. The molecule has 5 heteroatoms. The highest BCUT2D eigenvalue weighted by Crippen LogP contribution is 2.30. The van der Waals surface area contributed by atoms with Crippen LogP contribution >= 0.6 is 11.3 Å². The van der Waals surface area contributed by atoms with Gasteiger partial charge in [-0.25, -0.2) is 4.98 Å². The van der Waals surface area contributed by atoms with Gasteiger partial charge in [0.05, 0.1) is 23.4 Å². The Balaban J connectivity index is 1.65. The molecule has 0 unspecified atom stereocenters. The van der Waals surface area contributed by atoms with Gasteiger partial charge in [-0.05, 0) is 11.1 Å². The van der Waals surface area contributed by atoms with Crippen molar-refractivity contribution in [3.05, 3.63) is 81.9 Å². The summed E-state index contributed by atoms with van der Waals surface area (Å²) in [6, 6.07) is 16.9. The van der Waals surface area contributed by atoms with Gasteiger partial charge in [-0.2, -0.15) is 5.10 Å². The van der Waals surface area contributed by atoms with Crippen LogP contribution in [-0.2, 0) is 12.0 Å². The van der Waals surface area contributed by atoms with Crippen LogP contribution in [0.3, 0.4) is 0 Å². The monoisotopic (exact) mass is 376 g/mol. The van der Waals surface area contributed by atoms with Crippen LogP contribution in [0.1, 0.15) is 48.6 Å². The molecule has 0 spiro atoms. The number of benzene rings is 2. The van der Waals surface area contributed by atoms with Crippen molar-refractivity contribution in [2.75, 3.05) is 0 Å². The minimum atomic E-state index is 0.0531. The minimum absolute atomic E-state index is 0.0531. The lowest BCUT2D eigenvalue weighted by atomic mass is 9.93. The Morgan fingerprint density at radius 3 is 2.63 bits per heavy atom. The third-order valence-corrected chi connectivity index (χ3v) is 5.64. The lowest BCUT2D eigenvalue weighted by molar-refractivity contribution is 0.558. The number of hydrogen-bond acceptors (Lipinski definition) is 4. The summed E-state index contributed by atoms with van der Waals surface area (Å²) < 4.78 is 0. The number of thiazole rings is 1. The Labute approximate surface area is 163 Å². The van der Waals surface area contributed by atoms with Crippen molar-refractivity contribution in [3.8, 4) is 0 Å². The van der Waals surface area contributed by atoms with Crippen molar-refractivity contribution >= 4 is 22.2 Å². The fourth-order valence-corrected chi connectivity index (χ4v) is 4.29. The first kappa shape index (κ1) is 17.9. The fraction of sp³-hybridized carbons (Fsp3) is 0.273. The molecule has 4 rings (SSSR count). The first-order valence-corrected chi connectivity index (χ1v) is 10.1. The van der Waals surface area contributed by atoms with E-state index in [1.165, 1.54) is 11.1 Å². The van der Waals surface area contributed by atoms with Crippen LogP contribution in [0.2, 0.25) is 0 Å². The highest BCUT2D eigenvalue weighted by Gasteiger charge is 2.22. The Bertz CT molecular complexity index is 1030. The van der Waals surface area contributed by atoms with Crippen molar-refractivity contribution in [1.82, 2.24) is 20.5 Å². The van der Waals surface area contributed by atoms with Gasteiger partial charge in [-0.15, -0.1) is 11.3 Å². The van der Waals surface area contributed by atoms with Gasteiger partial charge in [0.1, 0.15) is 5.01 Å². The maximum absolute atomic E-state index is 4.96. The molecule has 138 valence electrons. The Morgan fingerprint density at radius 1 is 1.07 bits per heavy atom. The average molecular weight is 377 g/mol. The summed E-state index contributed by atoms with van der Waals surface area (Å²) in [6.45, 7) is 7.35. The largest absolute Gasteiger partial charge is 0.300 e. The van der Waals surface area contributed by atoms with Crippen LogP contribution in [0.4, 0.5) is 0 Å². The first-order valence-electron chi connectivity index (χ1n) is 9.17. The predicted octanol–water partition coefficient (Wildman–Crippen LogP) is 5.20. The molecule has 0 fully saturated rings. The van der Waals surface area contributed by atoms with E-state index < -0.39 is 0 Å². The summed E-state index contributed by atoms with van der Waals surface area (Å²) in [7, 11) is 0. The van der Waals surface area contributed by atoms with E-state index in [4.69, 9.17) is 4.98 Å². The number of para-hydroxylation sites is 1. The molecule has 1 atom stereocenters. The summed E-state index contributed by atoms with van der Waals surface area (Å²) in [6.07, 6.45) is 1.87. The standard InChI is InChI=1S/C22H24N4S/c1-22(2,3)18-14-27-21(25-18)20(15-8-5-4-6-9-15)23-12-16-10-7-11-17-13-24-26-19(16)17/h4-11,13-14,20,23H,12H2,1-3H3,(H,24,26)/t20-/m0/s1. The summed E-state index contributed by atoms with van der Waals surface area (Å²) in [5.74, 6) is 0. The van der Waals surface area contributed by atoms with E-state index in [0.717, 1.165) is 28.1 Å². The van der Waals surface area contributed by atoms with Gasteiger partial charge >= 0.3 is 0 Å². The van der Waals surface area contributed by atoms with Crippen LogP contribution in [-0.4, -0.2) is 15.2 Å². The van der Waals surface area contributed by atoms with Gasteiger partial charge in [0, 0.05) is 22.7 Å². The van der Waals surface area contributed by atoms with E-state index >= 15 is 0 Å². The Morgan fingerprint density at radius 2 is 1.89 bits per heavy atom. The summed E-state index contributed by atoms with van der Waals surface area (Å²) >= 11 is 1.73. The van der Waals surface area contributed by atoms with Crippen LogP contribution in [0, 0.1) is 0 Å². The normalized spacial score (nSPS) is 13.1. The number of fused-ring (bicyclic) bond motifs is 1. The molecular formula is C22H24N4S. The summed E-state index contributed by atoms with van der Waals surface area (Å²) in [4.78, 5) is 4.96. The molecular weight excluding hydrogens is 352 g/mol. The zero-order valence-electron chi connectivity index (χ0n) is 15.9. The van der Waals surface area contributed by atoms with Crippen LogP contribution in [0.15, 0.2) is 60.1 Å². The lowest BCUT2D eigenvalue weighted by Crippen LogP contribution is -2.22. The quantitative estimate of drug-likeness (QED) is 0.503. The topological polar surface area (TPSA) is 53.6 Å². The van der Waals surface area contributed by atoms with Crippen molar-refractivity contribution < 1.29 is 0 Å². The lowest BCUT2D eigenvalue weighted by Gasteiger charge is -2.18. The molecule has 2 aromatic carbocycles. The molecule has 0 amide bonds. The zero-order valence-corrected chi connectivity index (χ0v) is 16.7. The highest BCUT2D eigenvalue weighted by atomic mass is 32.1. The molecule has 0 bridgehead atoms. The van der Waals surface area contributed by atoms with Gasteiger partial charge in [0.25, 0.3) is 0 Å². The summed E-state index contributed by atoms with van der Waals surface area (Å²) in [5, 5.41) is 15.4. The smallest absolute Gasteiger partial charge is 0.114 e. The number of aromatic amines is 1. The molecule has 2 aromatic heterocycles. The van der Waals surface area contributed by atoms with Crippen LogP contribution in [0.25, 0.3) is 10.9 Å². The van der Waals surface area contributed by atoms with Crippen molar-refractivity contribution in [2.24, 2.45) is 0 Å². The van der Waals surface area contributed by atoms with Gasteiger partial charge in [-0.1, -0.05) is 69.3 Å². The Hall–Kier alpha value is -2.50. The first-order chi connectivity index (χ1) is 13.0. The highest BCUT2D eigenvalue weighted by molar-refractivity contribution is 7.09. The van der Waals surface area contributed by atoms with Gasteiger partial charge < -0.3 is 5.32 Å². The number of hydrogen-bond donors (Lipinski definition) is 2. The van der Waals surface area contributed by atoms with E-state index in [9.17, 15) is 0 Å². The minimum Gasteiger partial charge on any atom is -0.300 e. The molecule has 0 radical (unpaired) electrons. The second-order valence-electron chi connectivity index (χ2n) is 7.80. The van der Waals surface area contributed by atoms with E-state index in [-0.39, 0.29) is 11.5 Å². The van der Waals surface area contributed by atoms with Crippen LogP contribution < -0.4 is 5.32 Å². The number of nitrogens with one attached hydrogen (secondary N) is 2. The molecule has 0 aliphatic carbocycles. The van der Waals surface area contributed by atoms with Gasteiger partial charge in [-0.3, -0.25) is 5.10 Å². The van der Waals surface area contributed by atoms with Gasteiger partial charge in [0.15, 0.2) is 0 Å². The molecule has 0 aliphatic rings. The maximum atomic E-state index is 4.96. The molecule has 0 aliphatic heterocycles. The molecule has 4 nitrogen and oxygen atoms in total. The number of aromatic nitrogens is 3. The molecule has 2 N–H and O–H groups in total. The molecule has 0 saturated heterocycles. The SMILES string of the molecule is CC(C)(C)c1csc([C@@H](NCc2cccc3cn[nH]c23)c2ccccc2)n1. The fourth-order valence-electron chi connectivity index (χ4n) is 3.15. The van der Waals surface area contributed by atoms with E-state index in [1.807, 2.05) is 12.3 Å². The van der Waals surface area contributed by atoms with Crippen molar-refractivity contribution in [3.63, 3.8) is 0 Å². The second-order valence-corrected chi connectivity index (χ2v) is 8.69. The van der Waals surface area contributed by atoms with Crippen molar-refractivity contribution in [2.45, 2.75) is 38.8 Å². The third-order valence-electron chi connectivity index (χ3n) is 4.73. The van der Waals surface area contributed by atoms with Crippen molar-refractivity contribution in [1.29, 1.82) is 0 Å². The molecule has 4 aromatic rings. The third kappa shape index (κ3) is 3.80. The van der Waals surface area contributed by atoms with E-state index in [1.54, 1.807) is 11.3 Å². The predicted molar refractivity (Wildman–Crippen MR) is 112 cm³/mol. The summed E-state index contributed by atoms with van der Waals surface area (Å²) in [5.41, 5.74) is 4.71. The molecule has 2 heterocycles. The van der Waals surface area contributed by atoms with Gasteiger partial charge in [0.2, 0.25) is 0 Å².